The smallest absolute Gasteiger partial charge is 0.233 e. The second-order valence-electron chi connectivity index (χ2n) is 3.35. The van der Waals surface area contributed by atoms with E-state index in [1.165, 1.54) is 7.11 Å². The van der Waals surface area contributed by atoms with Crippen molar-refractivity contribution in [3.63, 3.8) is 0 Å². The van der Waals surface area contributed by atoms with Crippen LogP contribution in [0.1, 0.15) is 5.56 Å². The molecule has 0 fully saturated rings. The van der Waals surface area contributed by atoms with Crippen molar-refractivity contribution in [2.75, 3.05) is 26.1 Å². The van der Waals surface area contributed by atoms with Crippen LogP contribution < -0.4 is 4.89 Å². The van der Waals surface area contributed by atoms with Gasteiger partial charge in [0.15, 0.2) is 0 Å². The van der Waals surface area contributed by atoms with E-state index < -0.39 is 10.0 Å². The van der Waals surface area contributed by atoms with Gasteiger partial charge < -0.3 is 4.74 Å². The van der Waals surface area contributed by atoms with Gasteiger partial charge in [0, 0.05) is 19.5 Å². The van der Waals surface area contributed by atoms with Gasteiger partial charge in [0.1, 0.15) is 0 Å². The number of aryl methyl sites for hydroxylation is 1. The first-order valence-corrected chi connectivity index (χ1v) is 6.78. The van der Waals surface area contributed by atoms with Crippen molar-refractivity contribution in [2.24, 2.45) is 0 Å². The monoisotopic (exact) mass is 260 g/mol. The minimum Gasteiger partial charge on any atom is -0.382 e. The van der Waals surface area contributed by atoms with E-state index >= 15 is 0 Å². The van der Waals surface area contributed by atoms with Gasteiger partial charge in [0.05, 0.1) is 19.0 Å². The zero-order valence-corrected chi connectivity index (χ0v) is 10.4. The number of hydrogen-bond donors (Lipinski definition) is 1. The molecule has 0 amide bonds. The van der Waals surface area contributed by atoms with Gasteiger partial charge in [-0.25, -0.2) is 8.42 Å². The first-order chi connectivity index (χ1) is 8.14. The molecule has 6 nitrogen and oxygen atoms in total. The molecule has 1 N–H and O–H groups in total. The van der Waals surface area contributed by atoms with Crippen LogP contribution in [0, 0.1) is 0 Å². The lowest BCUT2D eigenvalue weighted by molar-refractivity contribution is 0.0439. The molecule has 0 unspecified atom stereocenters. The third kappa shape index (κ3) is 6.32. The number of hydrogen-bond acceptors (Lipinski definition) is 5. The molecule has 7 heteroatoms. The summed E-state index contributed by atoms with van der Waals surface area (Å²) in [6, 6.07) is 3.56. The zero-order valence-electron chi connectivity index (χ0n) is 9.63. The van der Waals surface area contributed by atoms with Crippen LogP contribution in [-0.2, 0) is 26.0 Å². The molecule has 0 aromatic carbocycles. The third-order valence-electron chi connectivity index (χ3n) is 1.98. The van der Waals surface area contributed by atoms with E-state index in [0.717, 1.165) is 5.56 Å². The summed E-state index contributed by atoms with van der Waals surface area (Å²) in [5.41, 5.74) is 0.919. The largest absolute Gasteiger partial charge is 0.382 e. The van der Waals surface area contributed by atoms with E-state index in [1.54, 1.807) is 24.5 Å². The molecule has 0 saturated heterocycles. The fourth-order valence-electron chi connectivity index (χ4n) is 1.10. The van der Waals surface area contributed by atoms with Gasteiger partial charge in [0.25, 0.3) is 0 Å². The summed E-state index contributed by atoms with van der Waals surface area (Å²) in [5, 5.41) is 0. The van der Waals surface area contributed by atoms with Crippen molar-refractivity contribution in [3.8, 4) is 0 Å². The molecule has 0 aliphatic heterocycles. The molecule has 96 valence electrons. The van der Waals surface area contributed by atoms with Crippen molar-refractivity contribution in [2.45, 2.75) is 6.42 Å². The van der Waals surface area contributed by atoms with Gasteiger partial charge in [-0.1, -0.05) is 4.89 Å². The Morgan fingerprint density at radius 2 is 2.00 bits per heavy atom. The second-order valence-corrected chi connectivity index (χ2v) is 5.15. The highest BCUT2D eigenvalue weighted by molar-refractivity contribution is 7.89. The third-order valence-corrected chi connectivity index (χ3v) is 3.10. The maximum atomic E-state index is 11.5. The molecule has 0 aliphatic rings. The van der Waals surface area contributed by atoms with E-state index in [0.29, 0.717) is 13.0 Å². The summed E-state index contributed by atoms with van der Waals surface area (Å²) in [5.74, 6) is -0.0238. The summed E-state index contributed by atoms with van der Waals surface area (Å²) < 4.78 is 27.7. The number of nitrogens with one attached hydrogen (secondary N) is 1. The molecule has 0 spiro atoms. The van der Waals surface area contributed by atoms with E-state index in [9.17, 15) is 8.42 Å². The molecule has 0 radical (unpaired) electrons. The van der Waals surface area contributed by atoms with Crippen molar-refractivity contribution in [1.82, 2.24) is 9.87 Å². The van der Waals surface area contributed by atoms with Crippen molar-refractivity contribution in [1.29, 1.82) is 0 Å². The van der Waals surface area contributed by atoms with Crippen LogP contribution in [0.2, 0.25) is 0 Å². The molecular weight excluding hydrogens is 244 g/mol. The lowest BCUT2D eigenvalue weighted by Crippen LogP contribution is -2.28. The van der Waals surface area contributed by atoms with Crippen LogP contribution in [0.25, 0.3) is 0 Å². The Morgan fingerprint density at radius 1 is 1.29 bits per heavy atom. The molecular formula is C10H16N2O4S. The van der Waals surface area contributed by atoms with Crippen LogP contribution in [0.15, 0.2) is 24.5 Å². The van der Waals surface area contributed by atoms with Crippen LogP contribution >= 0.6 is 0 Å². The standard InChI is InChI=1S/C10H16N2O4S/c1-15-7-8-16-12-17(13,14)9-4-10-2-5-11-6-3-10/h2-3,5-6,12H,4,7-9H2,1H3. The second kappa shape index (κ2) is 7.33. The van der Waals surface area contributed by atoms with E-state index in [4.69, 9.17) is 9.57 Å². The van der Waals surface area contributed by atoms with Gasteiger partial charge in [0.2, 0.25) is 10.0 Å². The van der Waals surface area contributed by atoms with E-state index in [1.807, 2.05) is 4.89 Å². The van der Waals surface area contributed by atoms with Crippen LogP contribution in [0.5, 0.6) is 0 Å². The number of rotatable bonds is 8. The van der Waals surface area contributed by atoms with Crippen LogP contribution in [-0.4, -0.2) is 39.5 Å². The number of pyridine rings is 1. The molecule has 1 aromatic rings. The summed E-state index contributed by atoms with van der Waals surface area (Å²) in [6.07, 6.45) is 3.68. The highest BCUT2D eigenvalue weighted by Gasteiger charge is 2.10. The normalized spacial score (nSPS) is 11.6. The highest BCUT2D eigenvalue weighted by Crippen LogP contribution is 1.99. The first kappa shape index (κ1) is 14.0. The first-order valence-electron chi connectivity index (χ1n) is 5.13. The lowest BCUT2D eigenvalue weighted by Gasteiger charge is -2.06. The predicted molar refractivity (Wildman–Crippen MR) is 62.7 cm³/mol. The number of aromatic nitrogens is 1. The van der Waals surface area contributed by atoms with Crippen molar-refractivity contribution >= 4 is 10.0 Å². The highest BCUT2D eigenvalue weighted by atomic mass is 32.2. The Morgan fingerprint density at radius 3 is 2.65 bits per heavy atom. The van der Waals surface area contributed by atoms with Gasteiger partial charge >= 0.3 is 0 Å². The fraction of sp³-hybridized carbons (Fsp3) is 0.500. The van der Waals surface area contributed by atoms with Gasteiger partial charge in [-0.15, -0.1) is 0 Å². The maximum Gasteiger partial charge on any atom is 0.233 e. The molecule has 0 aliphatic carbocycles. The van der Waals surface area contributed by atoms with Gasteiger partial charge in [-0.05, 0) is 24.1 Å². The minimum atomic E-state index is -3.41. The molecule has 1 heterocycles. The van der Waals surface area contributed by atoms with Crippen LogP contribution in [0.4, 0.5) is 0 Å². The molecule has 0 saturated carbocycles. The quantitative estimate of drug-likeness (QED) is 0.530. The van der Waals surface area contributed by atoms with Crippen molar-refractivity contribution in [3.05, 3.63) is 30.1 Å². The average molecular weight is 260 g/mol. The van der Waals surface area contributed by atoms with E-state index in [-0.39, 0.29) is 12.4 Å². The minimum absolute atomic E-state index is 0.0238. The summed E-state index contributed by atoms with van der Waals surface area (Å²) in [6.45, 7) is 0.526. The molecule has 0 atom stereocenters. The van der Waals surface area contributed by atoms with E-state index in [2.05, 4.69) is 4.98 Å². The zero-order chi connectivity index (χ0) is 12.6. The Labute approximate surface area is 101 Å². The fourth-order valence-corrected chi connectivity index (χ4v) is 1.95. The number of sulfonamides is 1. The van der Waals surface area contributed by atoms with Gasteiger partial charge in [-0.2, -0.15) is 0 Å². The Kier molecular flexibility index (Phi) is 6.06. The number of nitrogens with zero attached hydrogens (tertiary/aromatic N) is 1. The summed E-state index contributed by atoms with van der Waals surface area (Å²) >= 11 is 0. The van der Waals surface area contributed by atoms with Gasteiger partial charge in [-0.3, -0.25) is 9.82 Å². The Bertz CT molecular complexity index is 408. The Balaban J connectivity index is 2.30. The number of methoxy groups -OCH3 is 1. The number of ether oxygens (including phenoxy) is 1. The van der Waals surface area contributed by atoms with Crippen LogP contribution in [0.3, 0.4) is 0 Å². The molecule has 0 bridgehead atoms. The molecule has 1 rings (SSSR count). The Hall–Kier alpha value is -1.02. The SMILES string of the molecule is COCCONS(=O)(=O)CCc1ccncc1. The summed E-state index contributed by atoms with van der Waals surface area (Å²) in [4.78, 5) is 10.6. The molecule has 17 heavy (non-hydrogen) atoms. The average Bonchev–Trinajstić information content (AvgIpc) is 2.34. The molecule has 1 aromatic heterocycles. The topological polar surface area (TPSA) is 77.5 Å². The summed E-state index contributed by atoms with van der Waals surface area (Å²) in [7, 11) is -1.89. The predicted octanol–water partition coefficient (Wildman–Crippen LogP) is 0.122. The van der Waals surface area contributed by atoms with Crippen molar-refractivity contribution < 1.29 is 18.0 Å². The lowest BCUT2D eigenvalue weighted by atomic mass is 10.2. The maximum absolute atomic E-state index is 11.5.